The van der Waals surface area contributed by atoms with Crippen molar-refractivity contribution in [2.45, 2.75) is 26.2 Å². The maximum atomic E-state index is 14.1. The molecule has 3 nitrogen and oxygen atoms in total. The molecule has 0 atom stereocenters. The fraction of sp³-hybridized carbons (Fsp3) is 0.190. The Bertz CT molecular complexity index is 943. The predicted molar refractivity (Wildman–Crippen MR) is 96.1 cm³/mol. The largest absolute Gasteiger partial charge is 0.236 e. The highest BCUT2D eigenvalue weighted by atomic mass is 19.1. The van der Waals surface area contributed by atoms with Crippen LogP contribution in [0.4, 0.5) is 8.78 Å². The van der Waals surface area contributed by atoms with Crippen molar-refractivity contribution >= 4 is 0 Å². The molecule has 0 fully saturated rings. The SMILES string of the molecule is CCCCc1ccc(-c2cnc(-c3cc(F)c(C#N)cc3F)nc2)cc1. The molecular formula is C21H17F2N3. The summed E-state index contributed by atoms with van der Waals surface area (Å²) in [4.78, 5) is 8.31. The molecule has 0 aliphatic rings. The van der Waals surface area contributed by atoms with E-state index in [1.165, 1.54) is 5.56 Å². The molecule has 1 heterocycles. The highest BCUT2D eigenvalue weighted by Crippen LogP contribution is 2.25. The lowest BCUT2D eigenvalue weighted by atomic mass is 10.0. The van der Waals surface area contributed by atoms with E-state index in [0.29, 0.717) is 0 Å². The smallest absolute Gasteiger partial charge is 0.162 e. The number of hydrogen-bond acceptors (Lipinski definition) is 3. The summed E-state index contributed by atoms with van der Waals surface area (Å²) >= 11 is 0. The molecule has 26 heavy (non-hydrogen) atoms. The van der Waals surface area contributed by atoms with Gasteiger partial charge in [-0.25, -0.2) is 18.7 Å². The summed E-state index contributed by atoms with van der Waals surface area (Å²) in [7, 11) is 0. The van der Waals surface area contributed by atoms with Gasteiger partial charge in [0.05, 0.1) is 11.1 Å². The topological polar surface area (TPSA) is 49.6 Å². The fourth-order valence-electron chi connectivity index (χ4n) is 2.66. The Morgan fingerprint density at radius 2 is 1.65 bits per heavy atom. The summed E-state index contributed by atoms with van der Waals surface area (Å²) in [6.45, 7) is 2.16. The van der Waals surface area contributed by atoms with E-state index in [0.717, 1.165) is 42.5 Å². The number of benzene rings is 2. The van der Waals surface area contributed by atoms with Crippen LogP contribution in [0.2, 0.25) is 0 Å². The monoisotopic (exact) mass is 349 g/mol. The molecule has 2 aromatic carbocycles. The van der Waals surface area contributed by atoms with Crippen molar-refractivity contribution in [3.05, 3.63) is 71.6 Å². The third-order valence-corrected chi connectivity index (χ3v) is 4.18. The van der Waals surface area contributed by atoms with Crippen molar-refractivity contribution in [3.63, 3.8) is 0 Å². The molecular weight excluding hydrogens is 332 g/mol. The second-order valence-electron chi connectivity index (χ2n) is 6.02. The average Bonchev–Trinajstić information content (AvgIpc) is 2.68. The first kappa shape index (κ1) is 17.7. The summed E-state index contributed by atoms with van der Waals surface area (Å²) in [5.41, 5.74) is 2.63. The first-order valence-electron chi connectivity index (χ1n) is 8.43. The lowest BCUT2D eigenvalue weighted by Gasteiger charge is -2.06. The summed E-state index contributed by atoms with van der Waals surface area (Å²) < 4.78 is 27.8. The number of aromatic nitrogens is 2. The van der Waals surface area contributed by atoms with Crippen molar-refractivity contribution in [1.29, 1.82) is 5.26 Å². The molecule has 0 N–H and O–H groups in total. The van der Waals surface area contributed by atoms with Crippen LogP contribution in [0, 0.1) is 23.0 Å². The minimum Gasteiger partial charge on any atom is -0.236 e. The van der Waals surface area contributed by atoms with Gasteiger partial charge in [0.1, 0.15) is 17.7 Å². The molecule has 0 unspecified atom stereocenters. The molecule has 0 aliphatic heterocycles. The van der Waals surface area contributed by atoms with E-state index < -0.39 is 11.6 Å². The summed E-state index contributed by atoms with van der Waals surface area (Å²) in [6.07, 6.45) is 6.53. The molecule has 1 aromatic heterocycles. The molecule has 3 aromatic rings. The van der Waals surface area contributed by atoms with E-state index in [2.05, 4.69) is 29.0 Å². The molecule has 0 radical (unpaired) electrons. The summed E-state index contributed by atoms with van der Waals surface area (Å²) in [6, 6.07) is 11.6. The van der Waals surface area contributed by atoms with Gasteiger partial charge in [-0.2, -0.15) is 5.26 Å². The Kier molecular flexibility index (Phi) is 5.33. The second-order valence-corrected chi connectivity index (χ2v) is 6.02. The zero-order valence-electron chi connectivity index (χ0n) is 14.3. The van der Waals surface area contributed by atoms with Gasteiger partial charge in [-0.15, -0.1) is 0 Å². The van der Waals surface area contributed by atoms with E-state index >= 15 is 0 Å². The number of unbranched alkanes of at least 4 members (excludes halogenated alkanes) is 1. The summed E-state index contributed by atoms with van der Waals surface area (Å²) in [5, 5.41) is 8.75. The van der Waals surface area contributed by atoms with E-state index in [9.17, 15) is 8.78 Å². The molecule has 0 bridgehead atoms. The molecule has 0 amide bonds. The highest BCUT2D eigenvalue weighted by Gasteiger charge is 2.13. The Balaban J connectivity index is 1.85. The predicted octanol–water partition coefficient (Wildman–Crippen LogP) is 5.30. The minimum atomic E-state index is -0.792. The van der Waals surface area contributed by atoms with Gasteiger partial charge in [-0.1, -0.05) is 37.6 Å². The van der Waals surface area contributed by atoms with Crippen molar-refractivity contribution in [3.8, 4) is 28.6 Å². The lowest BCUT2D eigenvalue weighted by Crippen LogP contribution is -1.96. The van der Waals surface area contributed by atoms with Crippen LogP contribution >= 0.6 is 0 Å². The molecule has 0 aliphatic carbocycles. The zero-order chi connectivity index (χ0) is 18.5. The third kappa shape index (κ3) is 3.75. The van der Waals surface area contributed by atoms with Crippen molar-refractivity contribution in [2.24, 2.45) is 0 Å². The molecule has 0 saturated carbocycles. The van der Waals surface area contributed by atoms with Gasteiger partial charge in [0.25, 0.3) is 0 Å². The van der Waals surface area contributed by atoms with Crippen LogP contribution in [-0.4, -0.2) is 9.97 Å². The van der Waals surface area contributed by atoms with Crippen LogP contribution in [0.5, 0.6) is 0 Å². The van der Waals surface area contributed by atoms with Gasteiger partial charge in [-0.05, 0) is 36.1 Å². The number of nitrogens with zero attached hydrogens (tertiary/aromatic N) is 3. The Labute approximate surface area is 151 Å². The van der Waals surface area contributed by atoms with Crippen molar-refractivity contribution in [2.75, 3.05) is 0 Å². The first-order valence-corrected chi connectivity index (χ1v) is 8.43. The van der Waals surface area contributed by atoms with Crippen LogP contribution in [0.3, 0.4) is 0 Å². The maximum Gasteiger partial charge on any atom is 0.162 e. The zero-order valence-corrected chi connectivity index (χ0v) is 14.3. The minimum absolute atomic E-state index is 0.0667. The quantitative estimate of drug-likeness (QED) is 0.628. The number of hydrogen-bond donors (Lipinski definition) is 0. The lowest BCUT2D eigenvalue weighted by molar-refractivity contribution is 0.599. The van der Waals surface area contributed by atoms with Gasteiger partial charge >= 0.3 is 0 Å². The average molecular weight is 349 g/mol. The fourth-order valence-corrected chi connectivity index (χ4v) is 2.66. The van der Waals surface area contributed by atoms with Gasteiger partial charge in [0.15, 0.2) is 5.82 Å². The van der Waals surface area contributed by atoms with E-state index in [1.54, 1.807) is 18.5 Å². The maximum absolute atomic E-state index is 14.1. The van der Waals surface area contributed by atoms with E-state index in [4.69, 9.17) is 5.26 Å². The highest BCUT2D eigenvalue weighted by molar-refractivity contribution is 5.64. The van der Waals surface area contributed by atoms with Gasteiger partial charge in [0, 0.05) is 18.0 Å². The van der Waals surface area contributed by atoms with Crippen LogP contribution in [0.1, 0.15) is 30.9 Å². The molecule has 5 heteroatoms. The van der Waals surface area contributed by atoms with Gasteiger partial charge < -0.3 is 0 Å². The standard InChI is InChI=1S/C21H17F2N3/c1-2-3-4-14-5-7-15(8-6-14)17-12-25-21(26-13-17)18-10-19(22)16(11-24)9-20(18)23/h5-10,12-13H,2-4H2,1H3. The van der Waals surface area contributed by atoms with E-state index in [1.807, 2.05) is 12.1 Å². The van der Waals surface area contributed by atoms with E-state index in [-0.39, 0.29) is 17.0 Å². The number of nitriles is 1. The summed E-state index contributed by atoms with van der Waals surface area (Å²) in [5.74, 6) is -1.44. The molecule has 0 spiro atoms. The van der Waals surface area contributed by atoms with Crippen LogP contribution in [-0.2, 0) is 6.42 Å². The Hall–Kier alpha value is -3.13. The molecule has 3 rings (SSSR count). The number of aryl methyl sites for hydroxylation is 1. The van der Waals surface area contributed by atoms with Crippen LogP contribution < -0.4 is 0 Å². The second kappa shape index (κ2) is 7.83. The molecule has 130 valence electrons. The Morgan fingerprint density at radius 3 is 2.27 bits per heavy atom. The number of rotatable bonds is 5. The van der Waals surface area contributed by atoms with Gasteiger partial charge in [-0.3, -0.25) is 0 Å². The Morgan fingerprint density at radius 1 is 0.962 bits per heavy atom. The first-order chi connectivity index (χ1) is 12.6. The van der Waals surface area contributed by atoms with Crippen LogP contribution in [0.15, 0.2) is 48.8 Å². The van der Waals surface area contributed by atoms with Gasteiger partial charge in [0.2, 0.25) is 0 Å². The van der Waals surface area contributed by atoms with Crippen molar-refractivity contribution < 1.29 is 8.78 Å². The molecule has 0 saturated heterocycles. The third-order valence-electron chi connectivity index (χ3n) is 4.18. The normalized spacial score (nSPS) is 10.5. The van der Waals surface area contributed by atoms with Crippen molar-refractivity contribution in [1.82, 2.24) is 9.97 Å². The number of halogens is 2. The van der Waals surface area contributed by atoms with Crippen LogP contribution in [0.25, 0.3) is 22.5 Å².